The Kier molecular flexibility index (Phi) is 3.96. The van der Waals surface area contributed by atoms with Crippen molar-refractivity contribution in [3.63, 3.8) is 0 Å². The maximum atomic E-state index is 13.0. The van der Waals surface area contributed by atoms with Crippen molar-refractivity contribution in [3.8, 4) is 0 Å². The molecule has 3 rings (SSSR count). The molecule has 4 N–H and O–H groups in total. The molecule has 1 saturated heterocycles. The first-order chi connectivity index (χ1) is 11.4. The van der Waals surface area contributed by atoms with E-state index in [2.05, 4.69) is 0 Å². The number of hydrazine groups is 1. The second-order valence-corrected chi connectivity index (χ2v) is 5.99. The fourth-order valence-corrected chi connectivity index (χ4v) is 3.44. The highest BCUT2D eigenvalue weighted by atomic mass is 16.2. The Morgan fingerprint density at radius 2 is 1.79 bits per heavy atom. The summed E-state index contributed by atoms with van der Waals surface area (Å²) in [6, 6.07) is 6.61. The van der Waals surface area contributed by atoms with Crippen molar-refractivity contribution in [1.82, 2.24) is 10.0 Å². The minimum absolute atomic E-state index is 0.291. The molecule has 2 atom stereocenters. The Morgan fingerprint density at radius 3 is 2.46 bits per heavy atom. The normalized spacial score (nSPS) is 21.1. The lowest BCUT2D eigenvalue weighted by Gasteiger charge is -2.29. The number of hydrogen-bond donors (Lipinski definition) is 2. The molecule has 1 aromatic rings. The molecular weight excluding hydrogens is 312 g/mol. The predicted molar refractivity (Wildman–Crippen MR) is 83.0 cm³/mol. The van der Waals surface area contributed by atoms with Crippen molar-refractivity contribution < 1.29 is 19.2 Å². The number of fused-ring (bicyclic) bond motifs is 2. The van der Waals surface area contributed by atoms with Crippen LogP contribution in [0.2, 0.25) is 0 Å². The lowest BCUT2D eigenvalue weighted by Crippen LogP contribution is -2.46. The zero-order valence-electron chi connectivity index (χ0n) is 13.0. The lowest BCUT2D eigenvalue weighted by atomic mass is 9.80. The standard InChI is InChI=1S/C16H18N4O4/c17-12(21)8-11(14(18)22)13-9-4-1-2-5-10(9)15(23)19-6-3-7-20(19)16(13)24/h1-2,4-5,11,13H,3,6-8H2,(H2,17,21)(H2,18,22)/t11?,13-/m1/s1. The molecule has 126 valence electrons. The van der Waals surface area contributed by atoms with E-state index in [0.29, 0.717) is 30.6 Å². The van der Waals surface area contributed by atoms with Crippen LogP contribution >= 0.6 is 0 Å². The summed E-state index contributed by atoms with van der Waals surface area (Å²) < 4.78 is 0. The summed E-state index contributed by atoms with van der Waals surface area (Å²) in [5.41, 5.74) is 11.4. The number of amides is 4. The minimum atomic E-state index is -1.09. The van der Waals surface area contributed by atoms with E-state index < -0.39 is 29.6 Å². The highest BCUT2D eigenvalue weighted by Gasteiger charge is 2.45. The first-order valence-electron chi connectivity index (χ1n) is 7.71. The smallest absolute Gasteiger partial charge is 0.272 e. The van der Waals surface area contributed by atoms with Gasteiger partial charge in [-0.1, -0.05) is 18.2 Å². The second-order valence-electron chi connectivity index (χ2n) is 5.99. The van der Waals surface area contributed by atoms with Gasteiger partial charge in [-0.25, -0.2) is 5.01 Å². The van der Waals surface area contributed by atoms with Gasteiger partial charge in [-0.3, -0.25) is 24.2 Å². The molecule has 0 bridgehead atoms. The molecule has 8 heteroatoms. The number of nitrogens with zero attached hydrogens (tertiary/aromatic N) is 2. The number of primary amides is 2. The van der Waals surface area contributed by atoms with Gasteiger partial charge in [0.2, 0.25) is 17.7 Å². The van der Waals surface area contributed by atoms with Gasteiger partial charge in [-0.15, -0.1) is 0 Å². The van der Waals surface area contributed by atoms with Gasteiger partial charge in [-0.2, -0.15) is 0 Å². The molecule has 24 heavy (non-hydrogen) atoms. The van der Waals surface area contributed by atoms with Gasteiger partial charge in [0, 0.05) is 25.1 Å². The van der Waals surface area contributed by atoms with Crippen molar-refractivity contribution >= 4 is 23.6 Å². The third kappa shape index (κ3) is 2.49. The maximum Gasteiger partial charge on any atom is 0.272 e. The van der Waals surface area contributed by atoms with Crippen molar-refractivity contribution in [1.29, 1.82) is 0 Å². The van der Waals surface area contributed by atoms with E-state index in [1.807, 2.05) is 0 Å². The van der Waals surface area contributed by atoms with Crippen molar-refractivity contribution in [2.24, 2.45) is 17.4 Å². The zero-order chi connectivity index (χ0) is 17.4. The Bertz CT molecular complexity index is 733. The minimum Gasteiger partial charge on any atom is -0.370 e. The van der Waals surface area contributed by atoms with Crippen LogP contribution in [-0.4, -0.2) is 46.7 Å². The van der Waals surface area contributed by atoms with Gasteiger partial charge in [0.05, 0.1) is 11.8 Å². The summed E-state index contributed by atoms with van der Waals surface area (Å²) in [5, 5.41) is 2.74. The molecule has 1 fully saturated rings. The highest BCUT2D eigenvalue weighted by Crippen LogP contribution is 2.36. The number of carbonyl (C=O) groups excluding carboxylic acids is 4. The quantitative estimate of drug-likeness (QED) is 0.760. The van der Waals surface area contributed by atoms with Crippen LogP contribution in [-0.2, 0) is 14.4 Å². The largest absolute Gasteiger partial charge is 0.370 e. The van der Waals surface area contributed by atoms with Crippen molar-refractivity contribution in [2.45, 2.75) is 18.8 Å². The maximum absolute atomic E-state index is 13.0. The Labute approximate surface area is 138 Å². The Morgan fingerprint density at radius 1 is 1.12 bits per heavy atom. The van der Waals surface area contributed by atoms with Gasteiger partial charge < -0.3 is 11.5 Å². The molecule has 2 aliphatic heterocycles. The number of hydrogen-bond acceptors (Lipinski definition) is 4. The fraction of sp³-hybridized carbons (Fsp3) is 0.375. The molecule has 1 aromatic carbocycles. The number of carbonyl (C=O) groups is 4. The first-order valence-corrected chi connectivity index (χ1v) is 7.71. The molecule has 0 aliphatic carbocycles. The van der Waals surface area contributed by atoms with Crippen molar-refractivity contribution in [2.75, 3.05) is 13.1 Å². The SMILES string of the molecule is NC(=O)CC(C(N)=O)[C@@H]1C(=O)N2CCCN2C(=O)c2ccccc21. The topological polar surface area (TPSA) is 127 Å². The van der Waals surface area contributed by atoms with Crippen LogP contribution < -0.4 is 11.5 Å². The third-order valence-corrected chi connectivity index (χ3v) is 4.50. The Hall–Kier alpha value is -2.90. The average molecular weight is 330 g/mol. The number of benzene rings is 1. The second kappa shape index (κ2) is 5.95. The molecule has 0 aromatic heterocycles. The molecule has 8 nitrogen and oxygen atoms in total. The summed E-state index contributed by atoms with van der Waals surface area (Å²) in [4.78, 5) is 49.1. The van der Waals surface area contributed by atoms with Crippen LogP contribution in [0.15, 0.2) is 24.3 Å². The van der Waals surface area contributed by atoms with Gasteiger partial charge in [0.15, 0.2) is 0 Å². The van der Waals surface area contributed by atoms with E-state index in [-0.39, 0.29) is 12.3 Å². The van der Waals surface area contributed by atoms with E-state index in [0.717, 1.165) is 0 Å². The first kappa shape index (κ1) is 16.0. The fourth-order valence-electron chi connectivity index (χ4n) is 3.44. The molecular formula is C16H18N4O4. The third-order valence-electron chi connectivity index (χ3n) is 4.50. The van der Waals surface area contributed by atoms with Crippen molar-refractivity contribution in [3.05, 3.63) is 35.4 Å². The number of rotatable bonds is 4. The summed E-state index contributed by atoms with van der Waals surface area (Å²) >= 11 is 0. The van der Waals surface area contributed by atoms with Crippen LogP contribution in [0.4, 0.5) is 0 Å². The Balaban J connectivity index is 2.16. The van der Waals surface area contributed by atoms with Gasteiger partial charge in [-0.05, 0) is 18.1 Å². The van der Waals surface area contributed by atoms with Crippen LogP contribution in [0.3, 0.4) is 0 Å². The van der Waals surface area contributed by atoms with Crippen LogP contribution in [0.1, 0.15) is 34.7 Å². The average Bonchev–Trinajstić information content (AvgIpc) is 3.00. The molecule has 0 saturated carbocycles. The highest BCUT2D eigenvalue weighted by molar-refractivity contribution is 6.03. The molecule has 0 spiro atoms. The van der Waals surface area contributed by atoms with Crippen LogP contribution in [0.5, 0.6) is 0 Å². The van der Waals surface area contributed by atoms with Crippen LogP contribution in [0, 0.1) is 5.92 Å². The van der Waals surface area contributed by atoms with Gasteiger partial charge in [0.1, 0.15) is 0 Å². The summed E-state index contributed by atoms with van der Waals surface area (Å²) in [5.74, 6) is -4.31. The van der Waals surface area contributed by atoms with E-state index in [9.17, 15) is 19.2 Å². The molecule has 0 radical (unpaired) electrons. The summed E-state index contributed by atoms with van der Waals surface area (Å²) in [7, 11) is 0. The van der Waals surface area contributed by atoms with E-state index in [4.69, 9.17) is 11.5 Å². The summed E-state index contributed by atoms with van der Waals surface area (Å²) in [6.45, 7) is 0.819. The van der Waals surface area contributed by atoms with E-state index in [1.54, 1.807) is 24.3 Å². The molecule has 1 unspecified atom stereocenters. The zero-order valence-corrected chi connectivity index (χ0v) is 13.0. The molecule has 2 heterocycles. The lowest BCUT2D eigenvalue weighted by molar-refractivity contribution is -0.145. The van der Waals surface area contributed by atoms with E-state index >= 15 is 0 Å². The number of nitrogens with two attached hydrogens (primary N) is 2. The van der Waals surface area contributed by atoms with E-state index in [1.165, 1.54) is 10.0 Å². The van der Waals surface area contributed by atoms with Gasteiger partial charge >= 0.3 is 0 Å². The van der Waals surface area contributed by atoms with Crippen LogP contribution in [0.25, 0.3) is 0 Å². The van der Waals surface area contributed by atoms with Gasteiger partial charge in [0.25, 0.3) is 5.91 Å². The summed E-state index contributed by atoms with van der Waals surface area (Å²) in [6.07, 6.45) is 0.311. The molecule has 4 amide bonds. The monoisotopic (exact) mass is 330 g/mol. The predicted octanol–water partition coefficient (Wildman–Crippen LogP) is -0.650. The molecule has 2 aliphatic rings.